The van der Waals surface area contributed by atoms with Gasteiger partial charge in [-0.3, -0.25) is 0 Å². The van der Waals surface area contributed by atoms with E-state index in [-0.39, 0.29) is 17.1 Å². The van der Waals surface area contributed by atoms with E-state index in [4.69, 9.17) is 20.2 Å². The van der Waals surface area contributed by atoms with Crippen LogP contribution in [0.3, 0.4) is 0 Å². The average Bonchev–Trinajstić information content (AvgIpc) is 2.41. The van der Waals surface area contributed by atoms with Crippen molar-refractivity contribution in [3.8, 4) is 0 Å². The van der Waals surface area contributed by atoms with Gasteiger partial charge in [-0.2, -0.15) is 0 Å². The van der Waals surface area contributed by atoms with Crippen molar-refractivity contribution in [1.82, 2.24) is 0 Å². The van der Waals surface area contributed by atoms with Crippen LogP contribution in [0.1, 0.15) is 30.1 Å². The Morgan fingerprint density at radius 2 is 2.00 bits per heavy atom. The molecule has 0 bridgehead atoms. The summed E-state index contributed by atoms with van der Waals surface area (Å²) < 4.78 is 33.2. The highest BCUT2D eigenvalue weighted by atomic mass is 79.9. The highest BCUT2D eigenvalue weighted by molar-refractivity contribution is 9.10. The molecule has 1 aromatic carbocycles. The van der Waals surface area contributed by atoms with Gasteiger partial charge < -0.3 is 9.47 Å². The summed E-state index contributed by atoms with van der Waals surface area (Å²) in [5.41, 5.74) is 0.102. The van der Waals surface area contributed by atoms with Gasteiger partial charge in [-0.25, -0.2) is 13.2 Å². The van der Waals surface area contributed by atoms with Gasteiger partial charge in [0.15, 0.2) is 0 Å². The fraction of sp³-hybridized carbons (Fsp3) is 0.462. The van der Waals surface area contributed by atoms with E-state index in [0.717, 1.165) is 12.8 Å². The van der Waals surface area contributed by atoms with Gasteiger partial charge in [-0.05, 0) is 40.5 Å². The highest BCUT2D eigenvalue weighted by Gasteiger charge is 2.17. The van der Waals surface area contributed by atoms with E-state index in [9.17, 15) is 13.2 Å². The van der Waals surface area contributed by atoms with Crippen LogP contribution in [0.25, 0.3) is 0 Å². The lowest BCUT2D eigenvalue weighted by Gasteiger charge is -2.08. The largest absolute Gasteiger partial charge is 0.460 e. The first-order valence-corrected chi connectivity index (χ1v) is 9.45. The first-order chi connectivity index (χ1) is 9.86. The number of unbranched alkanes of at least 4 members (excludes halogenated alkanes) is 1. The molecule has 0 aliphatic rings. The molecule has 0 aliphatic heterocycles. The molecule has 0 unspecified atom stereocenters. The lowest BCUT2D eigenvalue weighted by Crippen LogP contribution is -2.12. The topological polar surface area (TPSA) is 69.7 Å². The number of benzene rings is 1. The predicted molar refractivity (Wildman–Crippen MR) is 83.2 cm³/mol. The number of hydrogen-bond acceptors (Lipinski definition) is 5. The SMILES string of the molecule is CCCCOCCOC(=O)c1cc(S(=O)(=O)Cl)ccc1Br. The summed E-state index contributed by atoms with van der Waals surface area (Å²) in [6.45, 7) is 3.08. The van der Waals surface area contributed by atoms with E-state index in [1.807, 2.05) is 0 Å². The maximum atomic E-state index is 11.9. The fourth-order valence-corrected chi connectivity index (χ4v) is 2.62. The first kappa shape index (κ1) is 18.4. The second-order valence-electron chi connectivity index (χ2n) is 4.18. The Bertz CT molecular complexity index is 588. The molecule has 118 valence electrons. The molecule has 0 amide bonds. The zero-order valence-electron chi connectivity index (χ0n) is 11.5. The quantitative estimate of drug-likeness (QED) is 0.381. The maximum Gasteiger partial charge on any atom is 0.339 e. The number of ether oxygens (including phenoxy) is 2. The number of hydrogen-bond donors (Lipinski definition) is 0. The lowest BCUT2D eigenvalue weighted by molar-refractivity contribution is 0.0312. The summed E-state index contributed by atoms with van der Waals surface area (Å²) in [4.78, 5) is 11.7. The van der Waals surface area contributed by atoms with Crippen molar-refractivity contribution in [1.29, 1.82) is 0 Å². The zero-order valence-corrected chi connectivity index (χ0v) is 14.6. The minimum absolute atomic E-state index is 0.102. The Morgan fingerprint density at radius 1 is 1.29 bits per heavy atom. The molecule has 0 spiro atoms. The van der Waals surface area contributed by atoms with Crippen LogP contribution in [0.2, 0.25) is 0 Å². The number of carbonyl (C=O) groups excluding carboxylic acids is 1. The van der Waals surface area contributed by atoms with E-state index in [1.165, 1.54) is 18.2 Å². The van der Waals surface area contributed by atoms with Crippen molar-refractivity contribution in [2.24, 2.45) is 0 Å². The summed E-state index contributed by atoms with van der Waals surface area (Å²) in [5, 5.41) is 0. The van der Waals surface area contributed by atoms with Crippen LogP contribution in [-0.4, -0.2) is 34.2 Å². The minimum Gasteiger partial charge on any atom is -0.460 e. The summed E-state index contributed by atoms with van der Waals surface area (Å²) >= 11 is 3.17. The average molecular weight is 400 g/mol. The molecule has 0 N–H and O–H groups in total. The van der Waals surface area contributed by atoms with Crippen LogP contribution in [0.15, 0.2) is 27.6 Å². The van der Waals surface area contributed by atoms with E-state index in [0.29, 0.717) is 17.7 Å². The summed E-state index contributed by atoms with van der Waals surface area (Å²) in [5.74, 6) is -0.636. The fourth-order valence-electron chi connectivity index (χ4n) is 1.43. The molecule has 0 saturated heterocycles. The highest BCUT2D eigenvalue weighted by Crippen LogP contribution is 2.23. The van der Waals surface area contributed by atoms with Crippen LogP contribution in [0, 0.1) is 0 Å². The van der Waals surface area contributed by atoms with Crippen LogP contribution in [0.5, 0.6) is 0 Å². The third-order valence-corrected chi connectivity index (χ3v) is 4.59. The third kappa shape index (κ3) is 6.34. The van der Waals surface area contributed by atoms with Gasteiger partial charge >= 0.3 is 5.97 Å². The monoisotopic (exact) mass is 398 g/mol. The Balaban J connectivity index is 2.62. The summed E-state index contributed by atoms with van der Waals surface area (Å²) in [6.07, 6.45) is 1.99. The van der Waals surface area contributed by atoms with Crippen molar-refractivity contribution < 1.29 is 22.7 Å². The molecule has 0 heterocycles. The van der Waals surface area contributed by atoms with E-state index < -0.39 is 15.0 Å². The molecule has 5 nitrogen and oxygen atoms in total. The van der Waals surface area contributed by atoms with Crippen LogP contribution in [-0.2, 0) is 18.5 Å². The third-order valence-electron chi connectivity index (χ3n) is 2.54. The van der Waals surface area contributed by atoms with Crippen molar-refractivity contribution >= 4 is 41.6 Å². The Labute approximate surface area is 137 Å². The van der Waals surface area contributed by atoms with Gasteiger partial charge in [0.05, 0.1) is 17.1 Å². The first-order valence-electron chi connectivity index (χ1n) is 6.35. The molecule has 0 aromatic heterocycles. The predicted octanol–water partition coefficient (Wildman–Crippen LogP) is 3.35. The van der Waals surface area contributed by atoms with Crippen LogP contribution >= 0.6 is 26.6 Å². The second kappa shape index (κ2) is 8.73. The molecular weight excluding hydrogens is 384 g/mol. The van der Waals surface area contributed by atoms with Gasteiger partial charge in [0.2, 0.25) is 0 Å². The van der Waals surface area contributed by atoms with Gasteiger partial charge in [-0.1, -0.05) is 13.3 Å². The number of carbonyl (C=O) groups is 1. The van der Waals surface area contributed by atoms with Crippen LogP contribution in [0.4, 0.5) is 0 Å². The molecule has 0 saturated carbocycles. The number of halogens is 2. The standard InChI is InChI=1S/C13H16BrClO5S/c1-2-3-6-19-7-8-20-13(16)11-9-10(21(15,17)18)4-5-12(11)14/h4-5,9H,2-3,6-8H2,1H3. The molecule has 0 radical (unpaired) electrons. The minimum atomic E-state index is -3.89. The van der Waals surface area contributed by atoms with Crippen molar-refractivity contribution in [2.45, 2.75) is 24.7 Å². The maximum absolute atomic E-state index is 11.9. The molecule has 0 fully saturated rings. The van der Waals surface area contributed by atoms with Gasteiger partial charge in [0.25, 0.3) is 9.05 Å². The normalized spacial score (nSPS) is 11.4. The van der Waals surface area contributed by atoms with E-state index in [1.54, 1.807) is 0 Å². The molecule has 1 aromatic rings. The summed E-state index contributed by atoms with van der Waals surface area (Å²) in [6, 6.07) is 3.91. The second-order valence-corrected chi connectivity index (χ2v) is 7.60. The summed E-state index contributed by atoms with van der Waals surface area (Å²) in [7, 11) is 1.36. The lowest BCUT2D eigenvalue weighted by atomic mass is 10.2. The molecule has 8 heteroatoms. The zero-order chi connectivity index (χ0) is 15.9. The van der Waals surface area contributed by atoms with E-state index >= 15 is 0 Å². The Morgan fingerprint density at radius 3 is 2.62 bits per heavy atom. The van der Waals surface area contributed by atoms with Crippen molar-refractivity contribution in [3.63, 3.8) is 0 Å². The smallest absolute Gasteiger partial charge is 0.339 e. The van der Waals surface area contributed by atoms with Crippen molar-refractivity contribution in [2.75, 3.05) is 19.8 Å². The molecule has 21 heavy (non-hydrogen) atoms. The van der Waals surface area contributed by atoms with Gasteiger partial charge in [0, 0.05) is 21.8 Å². The Hall–Kier alpha value is -0.630. The van der Waals surface area contributed by atoms with E-state index in [2.05, 4.69) is 22.9 Å². The van der Waals surface area contributed by atoms with Gasteiger partial charge in [-0.15, -0.1) is 0 Å². The molecule has 0 atom stereocenters. The molecule has 1 rings (SSSR count). The number of rotatable bonds is 8. The molecular formula is C13H16BrClO5S. The Kier molecular flexibility index (Phi) is 7.65. The van der Waals surface area contributed by atoms with Crippen molar-refractivity contribution in [3.05, 3.63) is 28.2 Å². The van der Waals surface area contributed by atoms with Gasteiger partial charge in [0.1, 0.15) is 6.61 Å². The molecule has 0 aliphatic carbocycles. The number of esters is 1. The van der Waals surface area contributed by atoms with Crippen LogP contribution < -0.4 is 0 Å².